The lowest BCUT2D eigenvalue weighted by Gasteiger charge is -2.49. The number of hydrogen-bond acceptors (Lipinski definition) is 7. The number of thioether (sulfide) groups is 1. The summed E-state index contributed by atoms with van der Waals surface area (Å²) in [5.41, 5.74) is 5.15. The SMILES string of the molecule is CCC1(COC)OC2SC(N)=NC2C(OC)C1OC. The molecule has 2 N–H and O–H groups in total. The van der Waals surface area contributed by atoms with Crippen LogP contribution in [-0.4, -0.2) is 62.4 Å². The molecule has 110 valence electrons. The first-order valence-corrected chi connectivity index (χ1v) is 7.22. The zero-order chi connectivity index (χ0) is 14.0. The Balaban J connectivity index is 2.32. The second kappa shape index (κ2) is 5.97. The van der Waals surface area contributed by atoms with Gasteiger partial charge in [0, 0.05) is 21.3 Å². The minimum atomic E-state index is -0.529. The predicted molar refractivity (Wildman–Crippen MR) is 74.4 cm³/mol. The van der Waals surface area contributed by atoms with Crippen LogP contribution in [-0.2, 0) is 18.9 Å². The van der Waals surface area contributed by atoms with Crippen LogP contribution in [0.5, 0.6) is 0 Å². The van der Waals surface area contributed by atoms with Crippen LogP contribution >= 0.6 is 11.8 Å². The maximum Gasteiger partial charge on any atom is 0.157 e. The summed E-state index contributed by atoms with van der Waals surface area (Å²) >= 11 is 1.44. The highest BCUT2D eigenvalue weighted by Crippen LogP contribution is 2.43. The van der Waals surface area contributed by atoms with Crippen LogP contribution in [0.25, 0.3) is 0 Å². The first-order chi connectivity index (χ1) is 9.11. The van der Waals surface area contributed by atoms with Gasteiger partial charge >= 0.3 is 0 Å². The van der Waals surface area contributed by atoms with E-state index in [9.17, 15) is 0 Å². The largest absolute Gasteiger partial charge is 0.382 e. The summed E-state index contributed by atoms with van der Waals surface area (Å²) in [5, 5.41) is 0.538. The van der Waals surface area contributed by atoms with Crippen LogP contribution in [0.3, 0.4) is 0 Å². The molecule has 19 heavy (non-hydrogen) atoms. The molecule has 7 heteroatoms. The van der Waals surface area contributed by atoms with Crippen molar-refractivity contribution >= 4 is 16.9 Å². The molecule has 0 radical (unpaired) electrons. The van der Waals surface area contributed by atoms with Crippen molar-refractivity contribution in [1.82, 2.24) is 0 Å². The third kappa shape index (κ3) is 2.50. The van der Waals surface area contributed by atoms with Gasteiger partial charge in [-0.2, -0.15) is 0 Å². The standard InChI is InChI=1S/C12H22N2O4S/c1-5-12(6-15-2)9(17-4)8(16-3)7-10(18-12)19-11(13)14-7/h7-10H,5-6H2,1-4H3,(H2,13,14). The van der Waals surface area contributed by atoms with E-state index in [1.165, 1.54) is 11.8 Å². The van der Waals surface area contributed by atoms with E-state index in [1.54, 1.807) is 21.3 Å². The van der Waals surface area contributed by atoms with Gasteiger partial charge in [-0.15, -0.1) is 0 Å². The molecule has 0 amide bonds. The van der Waals surface area contributed by atoms with Gasteiger partial charge in [-0.25, -0.2) is 0 Å². The first-order valence-electron chi connectivity index (χ1n) is 6.34. The number of rotatable bonds is 5. The summed E-state index contributed by atoms with van der Waals surface area (Å²) < 4.78 is 22.8. The van der Waals surface area contributed by atoms with Crippen molar-refractivity contribution in [2.75, 3.05) is 27.9 Å². The van der Waals surface area contributed by atoms with E-state index < -0.39 is 5.60 Å². The molecule has 0 aromatic carbocycles. The van der Waals surface area contributed by atoms with E-state index >= 15 is 0 Å². The average molecular weight is 290 g/mol. The van der Waals surface area contributed by atoms with Gasteiger partial charge in [-0.1, -0.05) is 18.7 Å². The Bertz CT molecular complexity index is 355. The number of hydrogen-bond donors (Lipinski definition) is 1. The molecule has 0 bridgehead atoms. The summed E-state index contributed by atoms with van der Waals surface area (Å²) in [6.07, 6.45) is 0.342. The van der Waals surface area contributed by atoms with Crippen molar-refractivity contribution in [3.8, 4) is 0 Å². The normalized spacial score (nSPS) is 42.0. The molecule has 2 rings (SSSR count). The highest BCUT2D eigenvalue weighted by molar-refractivity contribution is 8.14. The van der Waals surface area contributed by atoms with E-state index in [4.69, 9.17) is 24.7 Å². The number of nitrogens with zero attached hydrogens (tertiary/aromatic N) is 1. The monoisotopic (exact) mass is 290 g/mol. The summed E-state index contributed by atoms with van der Waals surface area (Å²) in [6.45, 7) is 2.51. The highest BCUT2D eigenvalue weighted by Gasteiger charge is 2.56. The fraction of sp³-hybridized carbons (Fsp3) is 0.917. The Kier molecular flexibility index (Phi) is 4.73. The van der Waals surface area contributed by atoms with Gasteiger partial charge in [0.1, 0.15) is 29.3 Å². The first kappa shape index (κ1) is 15.1. The number of aliphatic imine (C=N–C) groups is 1. The molecule has 0 aromatic heterocycles. The molecule has 0 spiro atoms. The van der Waals surface area contributed by atoms with E-state index in [2.05, 4.69) is 11.9 Å². The summed E-state index contributed by atoms with van der Waals surface area (Å²) in [7, 11) is 4.99. The van der Waals surface area contributed by atoms with Crippen LogP contribution in [0.2, 0.25) is 0 Å². The summed E-state index contributed by atoms with van der Waals surface area (Å²) in [6, 6.07) is -0.128. The van der Waals surface area contributed by atoms with Gasteiger partial charge in [-0.05, 0) is 6.42 Å². The second-order valence-electron chi connectivity index (χ2n) is 4.77. The van der Waals surface area contributed by atoms with Crippen LogP contribution in [0.4, 0.5) is 0 Å². The lowest BCUT2D eigenvalue weighted by molar-refractivity contribution is -0.243. The van der Waals surface area contributed by atoms with Gasteiger partial charge in [0.25, 0.3) is 0 Å². The third-order valence-corrected chi connectivity index (χ3v) is 4.76. The quantitative estimate of drug-likeness (QED) is 0.799. The van der Waals surface area contributed by atoms with Crippen LogP contribution < -0.4 is 5.73 Å². The minimum Gasteiger partial charge on any atom is -0.382 e. The Labute approximate surface area is 118 Å². The molecule has 6 nitrogen and oxygen atoms in total. The van der Waals surface area contributed by atoms with Crippen LogP contribution in [0.1, 0.15) is 13.3 Å². The number of fused-ring (bicyclic) bond motifs is 1. The molecule has 2 heterocycles. The maximum absolute atomic E-state index is 6.23. The molecule has 2 aliphatic heterocycles. The zero-order valence-corrected chi connectivity index (χ0v) is 12.6. The average Bonchev–Trinajstić information content (AvgIpc) is 2.76. The summed E-state index contributed by atoms with van der Waals surface area (Å²) in [5.74, 6) is 0. The van der Waals surface area contributed by atoms with Gasteiger partial charge in [0.15, 0.2) is 5.17 Å². The van der Waals surface area contributed by atoms with E-state index in [-0.39, 0.29) is 23.7 Å². The number of methoxy groups -OCH3 is 3. The van der Waals surface area contributed by atoms with E-state index in [0.29, 0.717) is 11.8 Å². The van der Waals surface area contributed by atoms with Gasteiger partial charge < -0.3 is 24.7 Å². The third-order valence-electron chi connectivity index (χ3n) is 3.81. The van der Waals surface area contributed by atoms with Crippen LogP contribution in [0.15, 0.2) is 4.99 Å². The van der Waals surface area contributed by atoms with Crippen molar-refractivity contribution in [3.63, 3.8) is 0 Å². The number of amidine groups is 1. The molecule has 0 aliphatic carbocycles. The zero-order valence-electron chi connectivity index (χ0n) is 11.8. The molecular formula is C12H22N2O4S. The van der Waals surface area contributed by atoms with Gasteiger partial charge in [0.05, 0.1) is 6.61 Å². The molecule has 1 saturated heterocycles. The van der Waals surface area contributed by atoms with Crippen LogP contribution in [0, 0.1) is 0 Å². The van der Waals surface area contributed by atoms with E-state index in [1.807, 2.05) is 0 Å². The smallest absolute Gasteiger partial charge is 0.157 e. The molecule has 0 aromatic rings. The lowest BCUT2D eigenvalue weighted by Crippen LogP contribution is -2.65. The van der Waals surface area contributed by atoms with Gasteiger partial charge in [0.2, 0.25) is 0 Å². The fourth-order valence-electron chi connectivity index (χ4n) is 2.88. The van der Waals surface area contributed by atoms with E-state index in [0.717, 1.165) is 6.42 Å². The van der Waals surface area contributed by atoms with Crippen molar-refractivity contribution in [1.29, 1.82) is 0 Å². The molecule has 5 atom stereocenters. The molecule has 1 fully saturated rings. The second-order valence-corrected chi connectivity index (χ2v) is 5.89. The Morgan fingerprint density at radius 1 is 1.37 bits per heavy atom. The topological polar surface area (TPSA) is 75.3 Å². The Hall–Kier alpha value is -0.340. The maximum atomic E-state index is 6.23. The molecule has 2 aliphatic rings. The van der Waals surface area contributed by atoms with Crippen molar-refractivity contribution in [3.05, 3.63) is 0 Å². The molecule has 0 saturated carbocycles. The fourth-order valence-corrected chi connectivity index (χ4v) is 3.90. The van der Waals surface area contributed by atoms with Crippen molar-refractivity contribution < 1.29 is 18.9 Å². The van der Waals surface area contributed by atoms with Gasteiger partial charge in [-0.3, -0.25) is 4.99 Å². The predicted octanol–water partition coefficient (Wildman–Crippen LogP) is 0.598. The lowest BCUT2D eigenvalue weighted by atomic mass is 9.84. The van der Waals surface area contributed by atoms with Crippen molar-refractivity contribution in [2.24, 2.45) is 10.7 Å². The number of ether oxygens (including phenoxy) is 4. The highest BCUT2D eigenvalue weighted by atomic mass is 32.2. The minimum absolute atomic E-state index is 0.128. The molecule has 5 unspecified atom stereocenters. The Morgan fingerprint density at radius 2 is 2.11 bits per heavy atom. The number of nitrogens with two attached hydrogens (primary N) is 1. The summed E-state index contributed by atoms with van der Waals surface area (Å²) in [4.78, 5) is 4.41. The van der Waals surface area contributed by atoms with Crippen molar-refractivity contribution in [2.45, 2.75) is 42.6 Å². The Morgan fingerprint density at radius 3 is 2.63 bits per heavy atom. The molecular weight excluding hydrogens is 268 g/mol.